The van der Waals surface area contributed by atoms with E-state index in [9.17, 15) is 18.0 Å². The van der Waals surface area contributed by atoms with E-state index in [0.717, 1.165) is 11.8 Å². The van der Waals surface area contributed by atoms with E-state index in [1.54, 1.807) is 24.3 Å². The van der Waals surface area contributed by atoms with Gasteiger partial charge in [-0.25, -0.2) is 18.0 Å². The average molecular weight is 314 g/mol. The molecule has 2 amide bonds. The molecule has 21 heavy (non-hydrogen) atoms. The van der Waals surface area contributed by atoms with Crippen molar-refractivity contribution in [1.82, 2.24) is 10.6 Å². The molecule has 1 aromatic carbocycles. The zero-order valence-electron chi connectivity index (χ0n) is 11.6. The number of carbonyl (C=O) groups is 2. The molecule has 0 fully saturated rings. The van der Waals surface area contributed by atoms with Gasteiger partial charge in [-0.05, 0) is 5.56 Å². The first-order valence-electron chi connectivity index (χ1n) is 6.27. The number of sulfone groups is 1. The van der Waals surface area contributed by atoms with Crippen LogP contribution in [0.1, 0.15) is 5.56 Å². The SMILES string of the molecule is CS(=O)(=O)CCNC(=O)N[C@@H](Cc1ccccc1)C(=O)O. The standard InChI is InChI=1S/C13H18N2O5S/c1-21(19,20)8-7-14-13(18)15-11(12(16)17)9-10-5-3-2-4-6-10/h2-6,11H,7-9H2,1H3,(H,16,17)(H2,14,15,18)/t11-/m0/s1. The highest BCUT2D eigenvalue weighted by Crippen LogP contribution is 2.03. The van der Waals surface area contributed by atoms with Gasteiger partial charge in [-0.1, -0.05) is 30.3 Å². The summed E-state index contributed by atoms with van der Waals surface area (Å²) >= 11 is 0. The van der Waals surface area contributed by atoms with Crippen LogP contribution in [-0.2, 0) is 21.1 Å². The molecule has 0 bridgehead atoms. The van der Waals surface area contributed by atoms with Gasteiger partial charge in [-0.15, -0.1) is 0 Å². The Morgan fingerprint density at radius 2 is 1.86 bits per heavy atom. The Morgan fingerprint density at radius 1 is 1.24 bits per heavy atom. The van der Waals surface area contributed by atoms with Gasteiger partial charge in [0.15, 0.2) is 0 Å². The van der Waals surface area contributed by atoms with Crippen LogP contribution in [0.5, 0.6) is 0 Å². The van der Waals surface area contributed by atoms with Crippen molar-refractivity contribution in [3.05, 3.63) is 35.9 Å². The third kappa shape index (κ3) is 7.31. The molecule has 0 aliphatic rings. The fourth-order valence-corrected chi connectivity index (χ4v) is 2.08. The monoisotopic (exact) mass is 314 g/mol. The van der Waals surface area contributed by atoms with Crippen LogP contribution in [0.2, 0.25) is 0 Å². The molecule has 0 aliphatic carbocycles. The van der Waals surface area contributed by atoms with Crippen LogP contribution in [0.3, 0.4) is 0 Å². The van der Waals surface area contributed by atoms with E-state index in [-0.39, 0.29) is 18.7 Å². The zero-order chi connectivity index (χ0) is 15.9. The average Bonchev–Trinajstić information content (AvgIpc) is 2.37. The highest BCUT2D eigenvalue weighted by molar-refractivity contribution is 7.90. The van der Waals surface area contributed by atoms with Crippen molar-refractivity contribution < 1.29 is 23.1 Å². The zero-order valence-corrected chi connectivity index (χ0v) is 12.4. The summed E-state index contributed by atoms with van der Waals surface area (Å²) in [5.74, 6) is -1.35. The van der Waals surface area contributed by atoms with E-state index < -0.39 is 27.9 Å². The summed E-state index contributed by atoms with van der Waals surface area (Å²) in [6, 6.07) is 7.11. The summed E-state index contributed by atoms with van der Waals surface area (Å²) in [5.41, 5.74) is 0.779. The summed E-state index contributed by atoms with van der Waals surface area (Å²) < 4.78 is 21.8. The number of carboxylic acids is 1. The number of amides is 2. The molecular formula is C13H18N2O5S. The highest BCUT2D eigenvalue weighted by Gasteiger charge is 2.20. The Balaban J connectivity index is 2.51. The number of rotatable bonds is 7. The lowest BCUT2D eigenvalue weighted by Gasteiger charge is -2.15. The van der Waals surface area contributed by atoms with Crippen molar-refractivity contribution in [3.8, 4) is 0 Å². The van der Waals surface area contributed by atoms with Gasteiger partial charge in [0.05, 0.1) is 5.75 Å². The molecule has 3 N–H and O–H groups in total. The third-order valence-corrected chi connectivity index (χ3v) is 3.59. The molecule has 7 nitrogen and oxygen atoms in total. The highest BCUT2D eigenvalue weighted by atomic mass is 32.2. The molecule has 0 radical (unpaired) electrons. The van der Waals surface area contributed by atoms with Crippen molar-refractivity contribution in [2.75, 3.05) is 18.6 Å². The smallest absolute Gasteiger partial charge is 0.326 e. The number of urea groups is 1. The van der Waals surface area contributed by atoms with Crippen molar-refractivity contribution >= 4 is 21.8 Å². The fraction of sp³-hybridized carbons (Fsp3) is 0.385. The summed E-state index contributed by atoms with van der Waals surface area (Å²) in [6.07, 6.45) is 1.21. The second kappa shape index (κ2) is 7.63. The normalized spacial score (nSPS) is 12.4. The Bertz CT molecular complexity index is 586. The molecule has 0 heterocycles. The Kier molecular flexibility index (Phi) is 6.16. The van der Waals surface area contributed by atoms with E-state index in [0.29, 0.717) is 0 Å². The van der Waals surface area contributed by atoms with E-state index in [1.165, 1.54) is 0 Å². The van der Waals surface area contributed by atoms with Gasteiger partial charge in [-0.2, -0.15) is 0 Å². The second-order valence-corrected chi connectivity index (χ2v) is 6.87. The minimum Gasteiger partial charge on any atom is -0.480 e. The Hall–Kier alpha value is -2.09. The molecule has 0 aliphatic heterocycles. The lowest BCUT2D eigenvalue weighted by atomic mass is 10.1. The van der Waals surface area contributed by atoms with Crippen LogP contribution >= 0.6 is 0 Å². The topological polar surface area (TPSA) is 113 Å². The number of aliphatic carboxylic acids is 1. The summed E-state index contributed by atoms with van der Waals surface area (Å²) in [4.78, 5) is 22.7. The van der Waals surface area contributed by atoms with Crippen LogP contribution in [0, 0.1) is 0 Å². The number of nitrogens with one attached hydrogen (secondary N) is 2. The minimum absolute atomic E-state index is 0.0671. The number of benzene rings is 1. The van der Waals surface area contributed by atoms with Gasteiger partial charge < -0.3 is 15.7 Å². The first-order valence-corrected chi connectivity index (χ1v) is 8.33. The van der Waals surface area contributed by atoms with Gasteiger partial charge in [0.1, 0.15) is 15.9 Å². The molecule has 1 aromatic rings. The van der Waals surface area contributed by atoms with Gasteiger partial charge in [0.25, 0.3) is 0 Å². The van der Waals surface area contributed by atoms with E-state index in [4.69, 9.17) is 5.11 Å². The van der Waals surface area contributed by atoms with E-state index in [2.05, 4.69) is 10.6 Å². The van der Waals surface area contributed by atoms with Crippen LogP contribution in [-0.4, -0.2) is 50.1 Å². The number of carbonyl (C=O) groups excluding carboxylic acids is 1. The van der Waals surface area contributed by atoms with E-state index >= 15 is 0 Å². The lowest BCUT2D eigenvalue weighted by Crippen LogP contribution is -2.47. The molecule has 116 valence electrons. The fourth-order valence-electron chi connectivity index (χ4n) is 1.61. The predicted molar refractivity (Wildman–Crippen MR) is 77.8 cm³/mol. The van der Waals surface area contributed by atoms with Crippen molar-refractivity contribution in [2.45, 2.75) is 12.5 Å². The van der Waals surface area contributed by atoms with Crippen LogP contribution in [0.15, 0.2) is 30.3 Å². The number of carboxylic acid groups (broad SMARTS) is 1. The molecule has 0 unspecified atom stereocenters. The van der Waals surface area contributed by atoms with Crippen molar-refractivity contribution in [3.63, 3.8) is 0 Å². The van der Waals surface area contributed by atoms with E-state index in [1.807, 2.05) is 6.07 Å². The largest absolute Gasteiger partial charge is 0.480 e. The van der Waals surface area contributed by atoms with Crippen LogP contribution in [0.25, 0.3) is 0 Å². The predicted octanol–water partition coefficient (Wildman–Crippen LogP) is 0.0261. The van der Waals surface area contributed by atoms with Crippen molar-refractivity contribution in [2.24, 2.45) is 0 Å². The first-order chi connectivity index (χ1) is 9.78. The molecule has 0 aromatic heterocycles. The number of hydrogen-bond acceptors (Lipinski definition) is 4. The maximum atomic E-state index is 11.6. The quantitative estimate of drug-likeness (QED) is 0.657. The van der Waals surface area contributed by atoms with Crippen LogP contribution < -0.4 is 10.6 Å². The minimum atomic E-state index is -3.17. The van der Waals surface area contributed by atoms with Gasteiger partial charge in [0, 0.05) is 19.2 Å². The molecule has 0 saturated carbocycles. The summed E-state index contributed by atoms with van der Waals surface area (Å²) in [6.45, 7) is -0.0671. The molecule has 8 heteroatoms. The summed E-state index contributed by atoms with van der Waals surface area (Å²) in [7, 11) is -3.17. The Morgan fingerprint density at radius 3 is 2.38 bits per heavy atom. The second-order valence-electron chi connectivity index (χ2n) is 4.61. The molecule has 1 rings (SSSR count). The molecule has 1 atom stereocenters. The van der Waals surface area contributed by atoms with Crippen LogP contribution in [0.4, 0.5) is 4.79 Å². The molecule has 0 spiro atoms. The van der Waals surface area contributed by atoms with Gasteiger partial charge in [0.2, 0.25) is 0 Å². The maximum Gasteiger partial charge on any atom is 0.326 e. The number of hydrogen-bond donors (Lipinski definition) is 3. The summed E-state index contributed by atoms with van der Waals surface area (Å²) in [5, 5.41) is 13.7. The Labute approximate surface area is 123 Å². The van der Waals surface area contributed by atoms with Gasteiger partial charge >= 0.3 is 12.0 Å². The third-order valence-electron chi connectivity index (χ3n) is 2.64. The molecule has 0 saturated heterocycles. The lowest BCUT2D eigenvalue weighted by molar-refractivity contribution is -0.139. The molecular weight excluding hydrogens is 296 g/mol. The van der Waals surface area contributed by atoms with Gasteiger partial charge in [-0.3, -0.25) is 0 Å². The van der Waals surface area contributed by atoms with Crippen molar-refractivity contribution in [1.29, 1.82) is 0 Å². The maximum absolute atomic E-state index is 11.6. The first kappa shape index (κ1) is 17.0.